The fraction of sp³-hybridized carbons (Fsp3) is 0.267. The molecular weight excluding hydrogens is 298 g/mol. The van der Waals surface area contributed by atoms with E-state index in [4.69, 9.17) is 0 Å². The first-order valence-electron chi connectivity index (χ1n) is 7.29. The Morgan fingerprint density at radius 2 is 2.04 bits per heavy atom. The van der Waals surface area contributed by atoms with Crippen molar-refractivity contribution >= 4 is 17.8 Å². The Morgan fingerprint density at radius 3 is 2.78 bits per heavy atom. The normalized spacial score (nSPS) is 13.7. The summed E-state index contributed by atoms with van der Waals surface area (Å²) in [4.78, 5) is 22.2. The fourth-order valence-corrected chi connectivity index (χ4v) is 2.57. The molecule has 0 radical (unpaired) electrons. The molecule has 1 aromatic heterocycles. The van der Waals surface area contributed by atoms with Crippen molar-refractivity contribution in [1.82, 2.24) is 15.6 Å². The number of nitrogens with zero attached hydrogens (tertiary/aromatic N) is 3. The van der Waals surface area contributed by atoms with E-state index in [1.165, 1.54) is 18.3 Å². The second-order valence-electron chi connectivity index (χ2n) is 5.28. The summed E-state index contributed by atoms with van der Waals surface area (Å²) in [5, 5.41) is 21.4. The predicted octanol–water partition coefficient (Wildman–Crippen LogP) is 1.96. The molecule has 23 heavy (non-hydrogen) atoms. The van der Waals surface area contributed by atoms with Gasteiger partial charge in [-0.05, 0) is 43.4 Å². The van der Waals surface area contributed by atoms with E-state index in [0.29, 0.717) is 11.3 Å². The molecule has 0 saturated carbocycles. The lowest BCUT2D eigenvalue weighted by Gasteiger charge is -2.10. The van der Waals surface area contributed by atoms with E-state index in [1.807, 2.05) is 0 Å². The smallest absolute Gasteiger partial charge is 0.281 e. The number of aromatic nitrogens is 2. The Kier molecular flexibility index (Phi) is 4.13. The molecule has 1 aromatic carbocycles. The average Bonchev–Trinajstić information content (AvgIpc) is 2.99. The number of H-pyrrole nitrogens is 1. The first-order chi connectivity index (χ1) is 11.1. The van der Waals surface area contributed by atoms with Crippen LogP contribution in [-0.2, 0) is 12.8 Å². The van der Waals surface area contributed by atoms with Crippen molar-refractivity contribution < 1.29 is 9.72 Å². The number of aromatic amines is 1. The molecule has 118 valence electrons. The van der Waals surface area contributed by atoms with E-state index in [1.54, 1.807) is 12.1 Å². The highest BCUT2D eigenvalue weighted by Crippen LogP contribution is 2.21. The number of rotatable bonds is 4. The number of carbonyl (C=O) groups is 1. The molecule has 0 saturated heterocycles. The Bertz CT molecular complexity index is 764. The molecule has 0 unspecified atom stereocenters. The summed E-state index contributed by atoms with van der Waals surface area (Å²) in [6.45, 7) is 0. The molecule has 1 aliphatic carbocycles. The zero-order chi connectivity index (χ0) is 16.2. The number of hydrogen-bond donors (Lipinski definition) is 2. The van der Waals surface area contributed by atoms with Crippen molar-refractivity contribution in [2.45, 2.75) is 25.7 Å². The van der Waals surface area contributed by atoms with Gasteiger partial charge in [0.05, 0.1) is 11.1 Å². The SMILES string of the molecule is O=C(NN=Cc1ccc([N+](=O)[O-])cc1)c1n[nH]c2c1CCCC2. The number of nitro groups is 1. The quantitative estimate of drug-likeness (QED) is 0.510. The molecule has 1 aliphatic rings. The van der Waals surface area contributed by atoms with E-state index in [2.05, 4.69) is 20.7 Å². The van der Waals surface area contributed by atoms with Crippen molar-refractivity contribution in [2.75, 3.05) is 0 Å². The maximum absolute atomic E-state index is 12.1. The van der Waals surface area contributed by atoms with E-state index in [9.17, 15) is 14.9 Å². The Labute approximate surface area is 131 Å². The number of amides is 1. The van der Waals surface area contributed by atoms with Gasteiger partial charge in [-0.3, -0.25) is 20.0 Å². The van der Waals surface area contributed by atoms with Crippen LogP contribution in [0.1, 0.15) is 40.2 Å². The molecule has 0 bridgehead atoms. The highest BCUT2D eigenvalue weighted by Gasteiger charge is 2.21. The summed E-state index contributed by atoms with van der Waals surface area (Å²) < 4.78 is 0. The van der Waals surface area contributed by atoms with E-state index < -0.39 is 4.92 Å². The lowest BCUT2D eigenvalue weighted by Crippen LogP contribution is -2.20. The second kappa shape index (κ2) is 6.39. The lowest BCUT2D eigenvalue weighted by molar-refractivity contribution is -0.384. The van der Waals surface area contributed by atoms with Gasteiger partial charge in [0.15, 0.2) is 5.69 Å². The first-order valence-corrected chi connectivity index (χ1v) is 7.29. The molecule has 0 fully saturated rings. The summed E-state index contributed by atoms with van der Waals surface area (Å²) in [5.41, 5.74) is 5.49. The number of aryl methyl sites for hydroxylation is 1. The molecule has 8 heteroatoms. The molecular formula is C15H15N5O3. The average molecular weight is 313 g/mol. The van der Waals surface area contributed by atoms with Crippen LogP contribution >= 0.6 is 0 Å². The third kappa shape index (κ3) is 3.25. The molecule has 1 heterocycles. The molecule has 0 aliphatic heterocycles. The highest BCUT2D eigenvalue weighted by atomic mass is 16.6. The largest absolute Gasteiger partial charge is 0.292 e. The molecule has 0 atom stereocenters. The van der Waals surface area contributed by atoms with Gasteiger partial charge >= 0.3 is 0 Å². The van der Waals surface area contributed by atoms with Crippen LogP contribution in [0.15, 0.2) is 29.4 Å². The molecule has 2 aromatic rings. The van der Waals surface area contributed by atoms with Crippen LogP contribution in [0.3, 0.4) is 0 Å². The van der Waals surface area contributed by atoms with Crippen molar-refractivity contribution in [1.29, 1.82) is 0 Å². The van der Waals surface area contributed by atoms with Crippen molar-refractivity contribution in [3.63, 3.8) is 0 Å². The standard InChI is InChI=1S/C15H15N5O3/c21-15(14-12-3-1-2-4-13(12)17-18-14)19-16-9-10-5-7-11(8-6-10)20(22)23/h5-9H,1-4H2,(H,17,18)(H,19,21). The van der Waals surface area contributed by atoms with Gasteiger partial charge in [-0.2, -0.15) is 10.2 Å². The van der Waals surface area contributed by atoms with Crippen molar-refractivity contribution in [3.05, 3.63) is 56.9 Å². The van der Waals surface area contributed by atoms with Gasteiger partial charge in [0.2, 0.25) is 0 Å². The molecule has 3 rings (SSSR count). The van der Waals surface area contributed by atoms with Crippen LogP contribution in [-0.4, -0.2) is 27.2 Å². The van der Waals surface area contributed by atoms with Gasteiger partial charge in [0, 0.05) is 23.4 Å². The number of nitrogens with one attached hydrogen (secondary N) is 2. The minimum atomic E-state index is -0.469. The topological polar surface area (TPSA) is 113 Å². The monoisotopic (exact) mass is 313 g/mol. The van der Waals surface area contributed by atoms with Gasteiger partial charge in [-0.1, -0.05) is 0 Å². The summed E-state index contributed by atoms with van der Waals surface area (Å²) in [6, 6.07) is 5.88. The molecule has 0 spiro atoms. The maximum Gasteiger partial charge on any atom is 0.292 e. The zero-order valence-electron chi connectivity index (χ0n) is 12.3. The first kappa shape index (κ1) is 14.9. The minimum absolute atomic E-state index is 0.00864. The van der Waals surface area contributed by atoms with Gasteiger partial charge < -0.3 is 0 Å². The molecule has 1 amide bonds. The number of hydrazone groups is 1. The number of hydrogen-bond acceptors (Lipinski definition) is 5. The van der Waals surface area contributed by atoms with Crippen LogP contribution in [0.5, 0.6) is 0 Å². The van der Waals surface area contributed by atoms with E-state index >= 15 is 0 Å². The number of benzene rings is 1. The minimum Gasteiger partial charge on any atom is -0.281 e. The maximum atomic E-state index is 12.1. The Hall–Kier alpha value is -3.03. The van der Waals surface area contributed by atoms with Gasteiger partial charge in [-0.15, -0.1) is 0 Å². The van der Waals surface area contributed by atoms with Crippen LogP contribution in [0, 0.1) is 10.1 Å². The van der Waals surface area contributed by atoms with Crippen LogP contribution < -0.4 is 5.43 Å². The molecule has 8 nitrogen and oxygen atoms in total. The fourth-order valence-electron chi connectivity index (χ4n) is 2.57. The zero-order valence-corrected chi connectivity index (χ0v) is 12.3. The van der Waals surface area contributed by atoms with Gasteiger partial charge in [-0.25, -0.2) is 5.43 Å². The third-order valence-corrected chi connectivity index (χ3v) is 3.76. The Morgan fingerprint density at radius 1 is 1.30 bits per heavy atom. The number of nitro benzene ring substituents is 1. The van der Waals surface area contributed by atoms with Crippen LogP contribution in [0.4, 0.5) is 5.69 Å². The van der Waals surface area contributed by atoms with Crippen molar-refractivity contribution in [2.24, 2.45) is 5.10 Å². The molecule has 2 N–H and O–H groups in total. The van der Waals surface area contributed by atoms with Gasteiger partial charge in [0.1, 0.15) is 0 Å². The van der Waals surface area contributed by atoms with Crippen LogP contribution in [0.25, 0.3) is 0 Å². The summed E-state index contributed by atoms with van der Waals surface area (Å²) in [7, 11) is 0. The van der Waals surface area contributed by atoms with Gasteiger partial charge in [0.25, 0.3) is 11.6 Å². The van der Waals surface area contributed by atoms with Crippen LogP contribution in [0.2, 0.25) is 0 Å². The number of non-ortho nitro benzene ring substituents is 1. The van der Waals surface area contributed by atoms with E-state index in [-0.39, 0.29) is 11.6 Å². The summed E-state index contributed by atoms with van der Waals surface area (Å²) in [5.74, 6) is -0.359. The summed E-state index contributed by atoms with van der Waals surface area (Å²) in [6.07, 6.45) is 5.36. The van der Waals surface area contributed by atoms with E-state index in [0.717, 1.165) is 36.9 Å². The third-order valence-electron chi connectivity index (χ3n) is 3.76. The lowest BCUT2D eigenvalue weighted by atomic mass is 9.96. The summed E-state index contributed by atoms with van der Waals surface area (Å²) >= 11 is 0. The van der Waals surface area contributed by atoms with Crippen molar-refractivity contribution in [3.8, 4) is 0 Å². The number of fused-ring (bicyclic) bond motifs is 1. The predicted molar refractivity (Wildman–Crippen MR) is 83.4 cm³/mol. The Balaban J connectivity index is 1.64. The highest BCUT2D eigenvalue weighted by molar-refractivity contribution is 5.94. The second-order valence-corrected chi connectivity index (χ2v) is 5.28. The number of carbonyl (C=O) groups excluding carboxylic acids is 1.